The van der Waals surface area contributed by atoms with Gasteiger partial charge in [0.25, 0.3) is 0 Å². The van der Waals surface area contributed by atoms with Crippen LogP contribution in [0.2, 0.25) is 0 Å². The summed E-state index contributed by atoms with van der Waals surface area (Å²) in [5.74, 6) is -0.916. The minimum atomic E-state index is -0.916. The van der Waals surface area contributed by atoms with Crippen LogP contribution in [0.3, 0.4) is 0 Å². The summed E-state index contributed by atoms with van der Waals surface area (Å²) in [6.07, 6.45) is -0.0566. The van der Waals surface area contributed by atoms with Crippen molar-refractivity contribution < 1.29 is 14.7 Å². The molecule has 1 aromatic rings. The highest BCUT2D eigenvalue weighted by Gasteiger charge is 2.10. The molecule has 0 aliphatic rings. The molecule has 0 spiro atoms. The minimum absolute atomic E-state index is 0.0566. The number of nitrogens with zero attached hydrogens (tertiary/aromatic N) is 1. The van der Waals surface area contributed by atoms with Gasteiger partial charge in [0.05, 0.1) is 6.42 Å². The summed E-state index contributed by atoms with van der Waals surface area (Å²) in [5.41, 5.74) is 0.970. The van der Waals surface area contributed by atoms with Crippen LogP contribution in [0.1, 0.15) is 12.0 Å². The normalized spacial score (nSPS) is 9.89. The molecule has 0 radical (unpaired) electrons. The van der Waals surface area contributed by atoms with Crippen molar-refractivity contribution in [1.82, 2.24) is 10.2 Å². The van der Waals surface area contributed by atoms with Crippen LogP contribution in [0.25, 0.3) is 0 Å². The molecule has 0 bridgehead atoms. The summed E-state index contributed by atoms with van der Waals surface area (Å²) >= 11 is 3.39. The lowest BCUT2D eigenvalue weighted by molar-refractivity contribution is -0.137. The molecule has 6 heteroatoms. The molecule has 0 atom stereocenters. The van der Waals surface area contributed by atoms with Gasteiger partial charge in [-0.25, -0.2) is 4.79 Å². The fourth-order valence-electron chi connectivity index (χ4n) is 1.31. The predicted molar refractivity (Wildman–Crippen MR) is 71.3 cm³/mol. The lowest BCUT2D eigenvalue weighted by Gasteiger charge is -2.17. The molecule has 5 nitrogen and oxygen atoms in total. The predicted octanol–water partition coefficient (Wildman–Crippen LogP) is 2.07. The van der Waals surface area contributed by atoms with E-state index in [9.17, 15) is 9.59 Å². The zero-order valence-corrected chi connectivity index (χ0v) is 11.6. The Labute approximate surface area is 114 Å². The van der Waals surface area contributed by atoms with Gasteiger partial charge < -0.3 is 15.3 Å². The molecule has 0 aliphatic heterocycles. The van der Waals surface area contributed by atoms with Crippen molar-refractivity contribution in [2.24, 2.45) is 0 Å². The Morgan fingerprint density at radius 2 is 2.06 bits per heavy atom. The number of benzene rings is 1. The smallest absolute Gasteiger partial charge is 0.317 e. The lowest BCUT2D eigenvalue weighted by Crippen LogP contribution is -2.38. The number of rotatable bonds is 5. The molecule has 98 valence electrons. The molecule has 1 aromatic carbocycles. The van der Waals surface area contributed by atoms with Gasteiger partial charge in [0.2, 0.25) is 0 Å². The highest BCUT2D eigenvalue weighted by Crippen LogP contribution is 2.15. The van der Waals surface area contributed by atoms with Crippen LogP contribution < -0.4 is 5.32 Å². The van der Waals surface area contributed by atoms with Gasteiger partial charge in [-0.1, -0.05) is 34.1 Å². The number of hydrogen-bond acceptors (Lipinski definition) is 2. The average molecular weight is 315 g/mol. The first-order valence-electron chi connectivity index (χ1n) is 5.45. The zero-order chi connectivity index (χ0) is 13.5. The van der Waals surface area contributed by atoms with Gasteiger partial charge in [-0.2, -0.15) is 0 Å². The maximum absolute atomic E-state index is 11.6. The molecular formula is C12H15BrN2O3. The highest BCUT2D eigenvalue weighted by atomic mass is 79.9. The van der Waals surface area contributed by atoms with Gasteiger partial charge in [-0.05, 0) is 11.6 Å². The Hall–Kier alpha value is -1.56. The number of urea groups is 1. The number of carboxylic acids is 1. The third-order valence-corrected chi connectivity index (χ3v) is 3.17. The number of hydrogen-bond donors (Lipinski definition) is 2. The number of aliphatic carboxylic acids is 1. The molecule has 2 N–H and O–H groups in total. The summed E-state index contributed by atoms with van der Waals surface area (Å²) in [6, 6.07) is 7.30. The monoisotopic (exact) mass is 314 g/mol. The molecule has 18 heavy (non-hydrogen) atoms. The van der Waals surface area contributed by atoms with Crippen molar-refractivity contribution in [3.05, 3.63) is 34.3 Å². The summed E-state index contributed by atoms with van der Waals surface area (Å²) in [4.78, 5) is 23.4. The molecule has 0 saturated carbocycles. The second-order valence-corrected chi connectivity index (χ2v) is 4.67. The second-order valence-electron chi connectivity index (χ2n) is 3.82. The van der Waals surface area contributed by atoms with Crippen LogP contribution in [0.5, 0.6) is 0 Å². The summed E-state index contributed by atoms with van der Waals surface area (Å²) in [6.45, 7) is 0.592. The fraction of sp³-hybridized carbons (Fsp3) is 0.333. The Bertz CT molecular complexity index is 437. The average Bonchev–Trinajstić information content (AvgIpc) is 2.34. The van der Waals surface area contributed by atoms with Crippen LogP contribution in [-0.4, -0.2) is 35.6 Å². The molecule has 1 rings (SSSR count). The Balaban J connectivity index is 2.41. The Morgan fingerprint density at radius 3 is 2.67 bits per heavy atom. The van der Waals surface area contributed by atoms with Gasteiger partial charge in [0, 0.05) is 24.6 Å². The lowest BCUT2D eigenvalue weighted by atomic mass is 10.2. The van der Waals surface area contributed by atoms with Crippen molar-refractivity contribution in [2.45, 2.75) is 13.0 Å². The quantitative estimate of drug-likeness (QED) is 0.874. The van der Waals surface area contributed by atoms with Crippen molar-refractivity contribution in [2.75, 3.05) is 13.6 Å². The summed E-state index contributed by atoms with van der Waals surface area (Å²) in [5, 5.41) is 11.3. The van der Waals surface area contributed by atoms with Gasteiger partial charge in [0.1, 0.15) is 0 Å². The number of amides is 2. The van der Waals surface area contributed by atoms with E-state index in [0.717, 1.165) is 10.0 Å². The van der Waals surface area contributed by atoms with E-state index < -0.39 is 5.97 Å². The zero-order valence-electron chi connectivity index (χ0n) is 10.0. The number of carbonyl (C=O) groups excluding carboxylic acids is 1. The van der Waals surface area contributed by atoms with E-state index in [4.69, 9.17) is 5.11 Å². The van der Waals surface area contributed by atoms with E-state index in [1.807, 2.05) is 24.3 Å². The minimum Gasteiger partial charge on any atom is -0.481 e. The topological polar surface area (TPSA) is 69.6 Å². The highest BCUT2D eigenvalue weighted by molar-refractivity contribution is 9.10. The van der Waals surface area contributed by atoms with Crippen molar-refractivity contribution >= 4 is 27.9 Å². The fourth-order valence-corrected chi connectivity index (χ4v) is 1.74. The third-order valence-electron chi connectivity index (χ3n) is 2.40. The van der Waals surface area contributed by atoms with E-state index in [1.54, 1.807) is 7.05 Å². The standard InChI is InChI=1S/C12H15BrN2O3/c1-15(7-6-11(16)17)12(18)14-8-9-4-2-3-5-10(9)13/h2-5H,6-8H2,1H3,(H,14,18)(H,16,17). The maximum Gasteiger partial charge on any atom is 0.317 e. The van der Waals surface area contributed by atoms with Crippen LogP contribution in [0, 0.1) is 0 Å². The SMILES string of the molecule is CN(CCC(=O)O)C(=O)NCc1ccccc1Br. The van der Waals surface area contributed by atoms with E-state index in [1.165, 1.54) is 4.90 Å². The molecule has 0 saturated heterocycles. The first-order valence-corrected chi connectivity index (χ1v) is 6.24. The van der Waals surface area contributed by atoms with Crippen molar-refractivity contribution in [3.8, 4) is 0 Å². The van der Waals surface area contributed by atoms with Crippen LogP contribution >= 0.6 is 15.9 Å². The first kappa shape index (κ1) is 14.5. The first-order chi connectivity index (χ1) is 8.50. The Morgan fingerprint density at radius 1 is 1.39 bits per heavy atom. The largest absolute Gasteiger partial charge is 0.481 e. The summed E-state index contributed by atoms with van der Waals surface area (Å²) < 4.78 is 0.929. The molecule has 0 heterocycles. The van der Waals surface area contributed by atoms with Gasteiger partial charge in [-0.3, -0.25) is 4.79 Å². The number of carbonyl (C=O) groups is 2. The van der Waals surface area contributed by atoms with E-state index in [-0.39, 0.29) is 19.0 Å². The maximum atomic E-state index is 11.6. The van der Waals surface area contributed by atoms with E-state index >= 15 is 0 Å². The van der Waals surface area contributed by atoms with E-state index in [2.05, 4.69) is 21.2 Å². The van der Waals surface area contributed by atoms with Crippen molar-refractivity contribution in [1.29, 1.82) is 0 Å². The van der Waals surface area contributed by atoms with Gasteiger partial charge in [-0.15, -0.1) is 0 Å². The number of nitrogens with one attached hydrogen (secondary N) is 1. The molecular weight excluding hydrogens is 300 g/mol. The second kappa shape index (κ2) is 7.00. The number of carboxylic acid groups (broad SMARTS) is 1. The van der Waals surface area contributed by atoms with Crippen LogP contribution in [0.4, 0.5) is 4.79 Å². The summed E-state index contributed by atoms with van der Waals surface area (Å²) in [7, 11) is 1.57. The molecule has 0 unspecified atom stereocenters. The van der Waals surface area contributed by atoms with Crippen LogP contribution in [0.15, 0.2) is 28.7 Å². The number of halogens is 1. The molecule has 0 aromatic heterocycles. The molecule has 0 aliphatic carbocycles. The van der Waals surface area contributed by atoms with Gasteiger partial charge in [0.15, 0.2) is 0 Å². The molecule has 0 fully saturated rings. The van der Waals surface area contributed by atoms with Gasteiger partial charge >= 0.3 is 12.0 Å². The van der Waals surface area contributed by atoms with Crippen LogP contribution in [-0.2, 0) is 11.3 Å². The van der Waals surface area contributed by atoms with Crippen molar-refractivity contribution in [3.63, 3.8) is 0 Å². The van der Waals surface area contributed by atoms with E-state index in [0.29, 0.717) is 6.54 Å². The third kappa shape index (κ3) is 4.75. The molecule has 2 amide bonds. The Kier molecular flexibility index (Phi) is 5.64.